The summed E-state index contributed by atoms with van der Waals surface area (Å²) >= 11 is 5.76. The Morgan fingerprint density at radius 2 is 2.39 bits per heavy atom. The summed E-state index contributed by atoms with van der Waals surface area (Å²) in [6.07, 6.45) is 4.53. The first-order chi connectivity index (χ1) is 8.58. The number of hydrogen-bond acceptors (Lipinski definition) is 4. The highest BCUT2D eigenvalue weighted by atomic mass is 35.5. The van der Waals surface area contributed by atoms with Gasteiger partial charge in [0.25, 0.3) is 5.91 Å². The maximum atomic E-state index is 12.2. The summed E-state index contributed by atoms with van der Waals surface area (Å²) in [4.78, 5) is 17.5. The summed E-state index contributed by atoms with van der Waals surface area (Å²) in [5, 5.41) is 0.240. The van der Waals surface area contributed by atoms with Gasteiger partial charge in [-0.1, -0.05) is 11.6 Å². The van der Waals surface area contributed by atoms with E-state index in [2.05, 4.69) is 4.98 Å². The summed E-state index contributed by atoms with van der Waals surface area (Å²) < 4.78 is 4.95. The first kappa shape index (κ1) is 12.4. The molecule has 0 aliphatic carbocycles. The fraction of sp³-hybridized carbons (Fsp3) is 0.167. The Hall–Kier alpha value is -2.01. The van der Waals surface area contributed by atoms with Crippen LogP contribution in [0, 0.1) is 0 Å². The summed E-state index contributed by atoms with van der Waals surface area (Å²) in [6.45, 7) is 0.439. The van der Waals surface area contributed by atoms with Crippen molar-refractivity contribution in [2.24, 2.45) is 0 Å². The molecule has 18 heavy (non-hydrogen) atoms. The second-order valence-corrected chi connectivity index (χ2v) is 4.27. The van der Waals surface area contributed by atoms with E-state index in [0.717, 1.165) is 5.56 Å². The summed E-state index contributed by atoms with van der Waals surface area (Å²) in [5.74, 6) is -0.210. The van der Waals surface area contributed by atoms with Crippen LogP contribution in [0.2, 0.25) is 5.15 Å². The number of furan rings is 1. The third-order valence-corrected chi connectivity index (χ3v) is 2.69. The zero-order valence-electron chi connectivity index (χ0n) is 9.76. The van der Waals surface area contributed by atoms with E-state index in [-0.39, 0.29) is 11.1 Å². The molecule has 6 heteroatoms. The largest absolute Gasteiger partial charge is 0.472 e. The smallest absolute Gasteiger partial charge is 0.256 e. The molecule has 0 aliphatic heterocycles. The van der Waals surface area contributed by atoms with Crippen molar-refractivity contribution in [1.82, 2.24) is 9.88 Å². The molecule has 2 heterocycles. The third kappa shape index (κ3) is 2.62. The molecule has 94 valence electrons. The van der Waals surface area contributed by atoms with Crippen LogP contribution in [0.1, 0.15) is 15.9 Å². The number of pyridine rings is 1. The molecular formula is C12H12ClN3O2. The van der Waals surface area contributed by atoms with Crippen LogP contribution < -0.4 is 5.73 Å². The lowest BCUT2D eigenvalue weighted by molar-refractivity contribution is 0.0786. The van der Waals surface area contributed by atoms with Crippen LogP contribution in [0.3, 0.4) is 0 Å². The molecule has 0 spiro atoms. The van der Waals surface area contributed by atoms with Gasteiger partial charge in [0.2, 0.25) is 0 Å². The molecule has 0 unspecified atom stereocenters. The van der Waals surface area contributed by atoms with Gasteiger partial charge in [0.1, 0.15) is 5.15 Å². The lowest BCUT2D eigenvalue weighted by Gasteiger charge is -2.17. The molecule has 0 saturated heterocycles. The summed E-state index contributed by atoms with van der Waals surface area (Å²) in [6, 6.07) is 3.26. The van der Waals surface area contributed by atoms with Gasteiger partial charge in [0, 0.05) is 19.2 Å². The minimum absolute atomic E-state index is 0.210. The van der Waals surface area contributed by atoms with Crippen molar-refractivity contribution in [1.29, 1.82) is 0 Å². The lowest BCUT2D eigenvalue weighted by atomic mass is 10.2. The fourth-order valence-corrected chi connectivity index (χ4v) is 1.72. The monoisotopic (exact) mass is 265 g/mol. The van der Waals surface area contributed by atoms with Gasteiger partial charge in [-0.3, -0.25) is 4.79 Å². The first-order valence-corrected chi connectivity index (χ1v) is 5.63. The Morgan fingerprint density at radius 1 is 1.61 bits per heavy atom. The Kier molecular flexibility index (Phi) is 3.53. The summed E-state index contributed by atoms with van der Waals surface area (Å²) in [7, 11) is 1.68. The van der Waals surface area contributed by atoms with Crippen LogP contribution in [0.15, 0.2) is 35.3 Å². The quantitative estimate of drug-likeness (QED) is 0.864. The molecule has 2 aromatic rings. The normalized spacial score (nSPS) is 10.3. The van der Waals surface area contributed by atoms with Crippen LogP contribution in [0.5, 0.6) is 0 Å². The maximum absolute atomic E-state index is 12.2. The molecule has 2 rings (SSSR count). The highest BCUT2D eigenvalue weighted by molar-refractivity contribution is 6.29. The molecule has 2 N–H and O–H groups in total. The molecular weight excluding hydrogens is 254 g/mol. The molecule has 0 aromatic carbocycles. The molecule has 0 saturated carbocycles. The van der Waals surface area contributed by atoms with Gasteiger partial charge >= 0.3 is 0 Å². The predicted octanol–water partition coefficient (Wildman–Crippen LogP) is 2.18. The van der Waals surface area contributed by atoms with Gasteiger partial charge in [0.15, 0.2) is 0 Å². The number of rotatable bonds is 3. The number of anilines is 1. The van der Waals surface area contributed by atoms with Crippen molar-refractivity contribution in [3.05, 3.63) is 47.1 Å². The van der Waals surface area contributed by atoms with E-state index >= 15 is 0 Å². The number of nitrogen functional groups attached to an aromatic ring is 1. The standard InChI is InChI=1S/C12H12ClN3O2/c1-16(6-8-2-3-18-7-8)12(17)9-4-11(13)15-5-10(9)14/h2-5,7H,6,14H2,1H3. The Morgan fingerprint density at radius 3 is 3.06 bits per heavy atom. The Bertz CT molecular complexity index is 554. The van der Waals surface area contributed by atoms with E-state index in [1.807, 2.05) is 0 Å². The van der Waals surface area contributed by atoms with E-state index in [1.165, 1.54) is 17.2 Å². The number of aromatic nitrogens is 1. The van der Waals surface area contributed by atoms with Crippen LogP contribution >= 0.6 is 11.6 Å². The van der Waals surface area contributed by atoms with Crippen LogP contribution in [-0.2, 0) is 6.54 Å². The molecule has 0 atom stereocenters. The first-order valence-electron chi connectivity index (χ1n) is 5.25. The van der Waals surface area contributed by atoms with Crippen molar-refractivity contribution in [2.75, 3.05) is 12.8 Å². The molecule has 1 amide bonds. The minimum Gasteiger partial charge on any atom is -0.472 e. The Balaban J connectivity index is 2.17. The van der Waals surface area contributed by atoms with Crippen molar-refractivity contribution >= 4 is 23.2 Å². The van der Waals surface area contributed by atoms with Gasteiger partial charge in [-0.2, -0.15) is 0 Å². The van der Waals surface area contributed by atoms with Gasteiger partial charge in [-0.15, -0.1) is 0 Å². The topological polar surface area (TPSA) is 72.4 Å². The van der Waals surface area contributed by atoms with E-state index in [1.54, 1.807) is 25.6 Å². The van der Waals surface area contributed by atoms with Gasteiger partial charge in [0.05, 0.1) is 30.0 Å². The van der Waals surface area contributed by atoms with E-state index in [4.69, 9.17) is 21.8 Å². The predicted molar refractivity (Wildman–Crippen MR) is 68.2 cm³/mol. The van der Waals surface area contributed by atoms with E-state index in [0.29, 0.717) is 17.8 Å². The van der Waals surface area contributed by atoms with Gasteiger partial charge in [-0.25, -0.2) is 4.98 Å². The second-order valence-electron chi connectivity index (χ2n) is 3.89. The number of hydrogen-bond donors (Lipinski definition) is 1. The average molecular weight is 266 g/mol. The van der Waals surface area contributed by atoms with Crippen molar-refractivity contribution in [3.8, 4) is 0 Å². The van der Waals surface area contributed by atoms with Gasteiger partial charge in [-0.05, 0) is 12.1 Å². The van der Waals surface area contributed by atoms with Gasteiger partial charge < -0.3 is 15.1 Å². The van der Waals surface area contributed by atoms with E-state index < -0.39 is 0 Å². The molecule has 0 bridgehead atoms. The number of carbonyl (C=O) groups excluding carboxylic acids is 1. The molecule has 0 aliphatic rings. The second kappa shape index (κ2) is 5.10. The highest BCUT2D eigenvalue weighted by Gasteiger charge is 2.16. The number of amides is 1. The lowest BCUT2D eigenvalue weighted by Crippen LogP contribution is -2.26. The zero-order chi connectivity index (χ0) is 13.1. The number of nitrogens with zero attached hydrogens (tertiary/aromatic N) is 2. The Labute approximate surface area is 109 Å². The average Bonchev–Trinajstić information content (AvgIpc) is 2.84. The fourth-order valence-electron chi connectivity index (χ4n) is 1.56. The van der Waals surface area contributed by atoms with Crippen LogP contribution in [-0.4, -0.2) is 22.8 Å². The van der Waals surface area contributed by atoms with E-state index in [9.17, 15) is 4.79 Å². The summed E-state index contributed by atoms with van der Waals surface area (Å²) in [5.41, 5.74) is 7.28. The van der Waals surface area contributed by atoms with Crippen LogP contribution in [0.4, 0.5) is 5.69 Å². The molecule has 0 fully saturated rings. The highest BCUT2D eigenvalue weighted by Crippen LogP contribution is 2.17. The molecule has 2 aromatic heterocycles. The number of nitrogens with two attached hydrogens (primary N) is 1. The van der Waals surface area contributed by atoms with Crippen LogP contribution in [0.25, 0.3) is 0 Å². The SMILES string of the molecule is CN(Cc1ccoc1)C(=O)c1cc(Cl)ncc1N. The third-order valence-electron chi connectivity index (χ3n) is 2.48. The van der Waals surface area contributed by atoms with Crippen molar-refractivity contribution in [2.45, 2.75) is 6.54 Å². The zero-order valence-corrected chi connectivity index (χ0v) is 10.5. The van der Waals surface area contributed by atoms with Crippen molar-refractivity contribution in [3.63, 3.8) is 0 Å². The molecule has 0 radical (unpaired) electrons. The van der Waals surface area contributed by atoms with Crippen molar-refractivity contribution < 1.29 is 9.21 Å². The maximum Gasteiger partial charge on any atom is 0.256 e. The number of carbonyl (C=O) groups is 1. The minimum atomic E-state index is -0.210. The number of halogens is 1. The molecule has 5 nitrogen and oxygen atoms in total.